The van der Waals surface area contributed by atoms with E-state index in [0.29, 0.717) is 12.4 Å². The molecular formula is C13H20N4. The highest BCUT2D eigenvalue weighted by molar-refractivity contribution is 5.22. The zero-order chi connectivity index (χ0) is 12.7. The second kappa shape index (κ2) is 6.78. The third-order valence-electron chi connectivity index (χ3n) is 2.31. The van der Waals surface area contributed by atoms with Crippen LogP contribution in [0.2, 0.25) is 0 Å². The van der Waals surface area contributed by atoms with Gasteiger partial charge in [0.1, 0.15) is 0 Å². The van der Waals surface area contributed by atoms with E-state index in [4.69, 9.17) is 0 Å². The monoisotopic (exact) mass is 232 g/mol. The normalized spacial score (nSPS) is 9.65. The number of aromatic nitrogens is 4. The fraction of sp³-hybridized carbons (Fsp3) is 0.462. The van der Waals surface area contributed by atoms with Gasteiger partial charge in [-0.2, -0.15) is 4.80 Å². The third-order valence-corrected chi connectivity index (χ3v) is 2.31. The van der Waals surface area contributed by atoms with E-state index in [1.807, 2.05) is 20.8 Å². The first kappa shape index (κ1) is 13.4. The fourth-order valence-electron chi connectivity index (χ4n) is 1.43. The zero-order valence-corrected chi connectivity index (χ0v) is 11.0. The summed E-state index contributed by atoms with van der Waals surface area (Å²) < 4.78 is 0. The molecule has 4 nitrogen and oxygen atoms in total. The average Bonchev–Trinajstić information content (AvgIpc) is 2.78. The molecule has 0 amide bonds. The van der Waals surface area contributed by atoms with Crippen LogP contribution in [0.15, 0.2) is 24.3 Å². The maximum Gasteiger partial charge on any atom is 0.171 e. The summed E-state index contributed by atoms with van der Waals surface area (Å²) in [7, 11) is 0. The van der Waals surface area contributed by atoms with E-state index in [1.165, 1.54) is 11.1 Å². The lowest BCUT2D eigenvalue weighted by molar-refractivity contribution is 0.571. The molecule has 17 heavy (non-hydrogen) atoms. The molecule has 0 saturated carbocycles. The molecule has 0 unspecified atom stereocenters. The van der Waals surface area contributed by atoms with Crippen LogP contribution in [-0.4, -0.2) is 20.2 Å². The van der Waals surface area contributed by atoms with Crippen LogP contribution in [0.5, 0.6) is 0 Å². The van der Waals surface area contributed by atoms with Crippen LogP contribution in [-0.2, 0) is 13.0 Å². The molecule has 0 radical (unpaired) electrons. The van der Waals surface area contributed by atoms with Gasteiger partial charge in [-0.25, -0.2) is 0 Å². The van der Waals surface area contributed by atoms with Gasteiger partial charge in [-0.1, -0.05) is 45.0 Å². The molecule has 1 aromatic heterocycles. The molecular weight excluding hydrogens is 212 g/mol. The quantitative estimate of drug-likeness (QED) is 0.817. The van der Waals surface area contributed by atoms with E-state index in [-0.39, 0.29) is 0 Å². The molecule has 0 spiro atoms. The topological polar surface area (TPSA) is 43.6 Å². The lowest BCUT2D eigenvalue weighted by Gasteiger charge is -2.01. The molecule has 0 aliphatic carbocycles. The second-order valence-corrected chi connectivity index (χ2v) is 3.54. The number of rotatable bonds is 3. The number of tetrazole rings is 1. The molecule has 0 saturated heterocycles. The van der Waals surface area contributed by atoms with Crippen molar-refractivity contribution in [1.29, 1.82) is 0 Å². The molecule has 0 fully saturated rings. The maximum atomic E-state index is 4.14. The van der Waals surface area contributed by atoms with E-state index < -0.39 is 0 Å². The Kier molecular flexibility index (Phi) is 5.33. The number of hydrogen-bond donors (Lipinski definition) is 0. The molecule has 0 atom stereocenters. The van der Waals surface area contributed by atoms with Crippen molar-refractivity contribution in [2.24, 2.45) is 0 Å². The largest absolute Gasteiger partial charge is 0.171 e. The summed E-state index contributed by atoms with van der Waals surface area (Å²) in [5.74, 6) is 0.708. The first-order valence-corrected chi connectivity index (χ1v) is 6.10. The van der Waals surface area contributed by atoms with Gasteiger partial charge in [0.2, 0.25) is 0 Å². The Hall–Kier alpha value is -1.71. The molecule has 2 rings (SSSR count). The Morgan fingerprint density at radius 3 is 2.12 bits per heavy atom. The average molecular weight is 232 g/mol. The Balaban J connectivity index is 0.000000686. The highest BCUT2D eigenvalue weighted by atomic mass is 15.6. The molecule has 0 bridgehead atoms. The summed E-state index contributed by atoms with van der Waals surface area (Å²) in [5.41, 5.74) is 2.55. The van der Waals surface area contributed by atoms with Gasteiger partial charge < -0.3 is 0 Å². The third kappa shape index (κ3) is 3.98. The van der Waals surface area contributed by atoms with Crippen molar-refractivity contribution >= 4 is 0 Å². The van der Waals surface area contributed by atoms with Gasteiger partial charge in [0, 0.05) is 0 Å². The minimum absolute atomic E-state index is 0.685. The van der Waals surface area contributed by atoms with Gasteiger partial charge in [-0.05, 0) is 29.7 Å². The SMILES string of the molecule is CC.CCc1ccc(Cn2nnc(C)n2)cc1. The maximum absolute atomic E-state index is 4.14. The minimum Gasteiger partial charge on any atom is -0.160 e. The summed E-state index contributed by atoms with van der Waals surface area (Å²) in [4.78, 5) is 1.61. The lowest BCUT2D eigenvalue weighted by Crippen LogP contribution is -2.04. The molecule has 2 aromatic rings. The summed E-state index contributed by atoms with van der Waals surface area (Å²) in [5, 5.41) is 11.9. The Bertz CT molecular complexity index is 431. The van der Waals surface area contributed by atoms with Crippen molar-refractivity contribution < 1.29 is 0 Å². The first-order valence-electron chi connectivity index (χ1n) is 6.10. The Morgan fingerprint density at radius 1 is 1.06 bits per heavy atom. The molecule has 0 N–H and O–H groups in total. The lowest BCUT2D eigenvalue weighted by atomic mass is 10.1. The summed E-state index contributed by atoms with van der Waals surface area (Å²) in [6.07, 6.45) is 1.07. The van der Waals surface area contributed by atoms with Crippen LogP contribution < -0.4 is 0 Å². The fourth-order valence-corrected chi connectivity index (χ4v) is 1.43. The predicted molar refractivity (Wildman–Crippen MR) is 68.8 cm³/mol. The number of nitrogens with zero attached hydrogens (tertiary/aromatic N) is 4. The first-order chi connectivity index (χ1) is 8.28. The summed E-state index contributed by atoms with van der Waals surface area (Å²) in [6, 6.07) is 8.49. The highest BCUT2D eigenvalue weighted by Gasteiger charge is 1.99. The number of aryl methyl sites for hydroxylation is 2. The van der Waals surface area contributed by atoms with Gasteiger partial charge in [0.05, 0.1) is 6.54 Å². The van der Waals surface area contributed by atoms with E-state index >= 15 is 0 Å². The van der Waals surface area contributed by atoms with Crippen LogP contribution in [0.1, 0.15) is 37.7 Å². The highest BCUT2D eigenvalue weighted by Crippen LogP contribution is 2.05. The summed E-state index contributed by atoms with van der Waals surface area (Å²) in [6.45, 7) is 8.67. The van der Waals surface area contributed by atoms with E-state index in [9.17, 15) is 0 Å². The Labute approximate surface area is 103 Å². The van der Waals surface area contributed by atoms with Gasteiger partial charge in [-0.3, -0.25) is 0 Å². The zero-order valence-electron chi connectivity index (χ0n) is 11.0. The molecule has 4 heteroatoms. The molecule has 0 aliphatic heterocycles. The van der Waals surface area contributed by atoms with Crippen LogP contribution in [0, 0.1) is 6.92 Å². The smallest absolute Gasteiger partial charge is 0.160 e. The van der Waals surface area contributed by atoms with Gasteiger partial charge >= 0.3 is 0 Å². The van der Waals surface area contributed by atoms with Crippen molar-refractivity contribution in [2.45, 2.75) is 40.7 Å². The molecule has 1 aromatic carbocycles. The van der Waals surface area contributed by atoms with Crippen molar-refractivity contribution in [2.75, 3.05) is 0 Å². The standard InChI is InChI=1S/C11H14N4.C2H6/c1-3-10-4-6-11(7-5-10)8-15-13-9(2)12-14-15;1-2/h4-7H,3,8H2,1-2H3;1-2H3. The number of benzene rings is 1. The van der Waals surface area contributed by atoms with E-state index in [0.717, 1.165) is 6.42 Å². The van der Waals surface area contributed by atoms with Gasteiger partial charge in [0.15, 0.2) is 5.82 Å². The van der Waals surface area contributed by atoms with E-state index in [2.05, 4.69) is 46.6 Å². The second-order valence-electron chi connectivity index (χ2n) is 3.54. The van der Waals surface area contributed by atoms with Crippen LogP contribution in [0.3, 0.4) is 0 Å². The van der Waals surface area contributed by atoms with Gasteiger partial charge in [0.25, 0.3) is 0 Å². The van der Waals surface area contributed by atoms with E-state index in [1.54, 1.807) is 4.80 Å². The minimum atomic E-state index is 0.685. The van der Waals surface area contributed by atoms with Crippen molar-refractivity contribution in [3.63, 3.8) is 0 Å². The van der Waals surface area contributed by atoms with Crippen molar-refractivity contribution in [1.82, 2.24) is 20.2 Å². The summed E-state index contributed by atoms with van der Waals surface area (Å²) >= 11 is 0. The van der Waals surface area contributed by atoms with Crippen LogP contribution >= 0.6 is 0 Å². The molecule has 92 valence electrons. The predicted octanol–water partition coefficient (Wildman–Crippen LogP) is 2.62. The van der Waals surface area contributed by atoms with Crippen molar-refractivity contribution in [3.05, 3.63) is 41.2 Å². The Morgan fingerprint density at radius 2 is 1.65 bits per heavy atom. The van der Waals surface area contributed by atoms with Crippen LogP contribution in [0.4, 0.5) is 0 Å². The van der Waals surface area contributed by atoms with Crippen molar-refractivity contribution in [3.8, 4) is 0 Å². The number of hydrogen-bond acceptors (Lipinski definition) is 3. The molecule has 0 aliphatic rings. The van der Waals surface area contributed by atoms with Crippen LogP contribution in [0.25, 0.3) is 0 Å². The molecule has 1 heterocycles. The van der Waals surface area contributed by atoms with Gasteiger partial charge in [-0.15, -0.1) is 10.2 Å².